The normalized spacial score (nSPS) is 55.9. The van der Waals surface area contributed by atoms with Gasteiger partial charge in [-0.25, -0.2) is 0 Å². The zero-order chi connectivity index (χ0) is 7.47. The summed E-state index contributed by atoms with van der Waals surface area (Å²) in [4.78, 5) is 0. The predicted molar refractivity (Wildman–Crippen MR) is 46.0 cm³/mol. The van der Waals surface area contributed by atoms with Crippen molar-refractivity contribution in [1.29, 1.82) is 0 Å². The van der Waals surface area contributed by atoms with Gasteiger partial charge < -0.3 is 0 Å². The van der Waals surface area contributed by atoms with Crippen molar-refractivity contribution >= 4 is 0 Å². The summed E-state index contributed by atoms with van der Waals surface area (Å²) in [6, 6.07) is 0. The van der Waals surface area contributed by atoms with E-state index < -0.39 is 0 Å². The maximum absolute atomic E-state index is 2.38. The molecule has 0 aromatic heterocycles. The molecule has 0 saturated heterocycles. The monoisotopic (exact) mass is 144 g/mol. The minimum absolute atomic E-state index is 0.388. The molecule has 0 aromatic carbocycles. The van der Waals surface area contributed by atoms with Crippen LogP contribution in [0.3, 0.4) is 0 Å². The first-order valence-corrected chi connectivity index (χ1v) is 4.37. The summed E-state index contributed by atoms with van der Waals surface area (Å²) in [5.74, 6) is 2.31. The fourth-order valence-corrected chi connectivity index (χ4v) is 2.86. The van der Waals surface area contributed by atoms with Crippen molar-refractivity contribution in [3.05, 3.63) is 36.5 Å². The van der Waals surface area contributed by atoms with Crippen molar-refractivity contribution in [2.75, 3.05) is 0 Å². The van der Waals surface area contributed by atoms with Gasteiger partial charge in [0.05, 0.1) is 0 Å². The smallest absolute Gasteiger partial charge is 0.00785 e. The van der Waals surface area contributed by atoms with Gasteiger partial charge in [0.2, 0.25) is 0 Å². The molecule has 0 saturated carbocycles. The summed E-state index contributed by atoms with van der Waals surface area (Å²) in [5.41, 5.74) is 0.388. The van der Waals surface area contributed by atoms with E-state index >= 15 is 0 Å². The van der Waals surface area contributed by atoms with Gasteiger partial charge in [-0.1, -0.05) is 43.4 Å². The van der Waals surface area contributed by atoms with Crippen LogP contribution >= 0.6 is 0 Å². The molecule has 0 fully saturated rings. The maximum atomic E-state index is 2.38. The fraction of sp³-hybridized carbons (Fsp3) is 0.455. The second-order valence-electron chi connectivity index (χ2n) is 4.15. The Labute approximate surface area is 67.3 Å². The summed E-state index contributed by atoms with van der Waals surface area (Å²) in [7, 11) is 0. The van der Waals surface area contributed by atoms with Crippen LogP contribution in [0.1, 0.15) is 6.92 Å². The fourth-order valence-electron chi connectivity index (χ4n) is 2.86. The second kappa shape index (κ2) is 1.52. The van der Waals surface area contributed by atoms with Crippen molar-refractivity contribution in [3.63, 3.8) is 0 Å². The molecule has 3 aliphatic carbocycles. The maximum Gasteiger partial charge on any atom is 0.00785 e. The third-order valence-electron chi connectivity index (χ3n) is 3.46. The first kappa shape index (κ1) is 5.82. The van der Waals surface area contributed by atoms with E-state index in [0.717, 1.165) is 17.8 Å². The molecule has 2 atom stereocenters. The van der Waals surface area contributed by atoms with Crippen LogP contribution in [-0.2, 0) is 0 Å². The Hall–Kier alpha value is -0.780. The van der Waals surface area contributed by atoms with Crippen LogP contribution in [0.25, 0.3) is 0 Å². The van der Waals surface area contributed by atoms with E-state index in [2.05, 4.69) is 43.4 Å². The van der Waals surface area contributed by atoms with Crippen molar-refractivity contribution in [3.8, 4) is 0 Å². The molecule has 0 aliphatic heterocycles. The zero-order valence-electron chi connectivity index (χ0n) is 6.70. The van der Waals surface area contributed by atoms with Crippen LogP contribution in [0.2, 0.25) is 0 Å². The van der Waals surface area contributed by atoms with Gasteiger partial charge in [-0.3, -0.25) is 0 Å². The molecule has 11 heavy (non-hydrogen) atoms. The van der Waals surface area contributed by atoms with Crippen molar-refractivity contribution in [2.24, 2.45) is 23.2 Å². The SMILES string of the molecule is CC12C=CC3C=CC(C=C1)C32. The summed E-state index contributed by atoms with van der Waals surface area (Å²) in [5, 5.41) is 0. The van der Waals surface area contributed by atoms with E-state index in [0.29, 0.717) is 5.41 Å². The van der Waals surface area contributed by atoms with Crippen LogP contribution in [0.5, 0.6) is 0 Å². The molecule has 0 N–H and O–H groups in total. The van der Waals surface area contributed by atoms with Gasteiger partial charge in [0.15, 0.2) is 0 Å². The van der Waals surface area contributed by atoms with Gasteiger partial charge >= 0.3 is 0 Å². The lowest BCUT2D eigenvalue weighted by Gasteiger charge is -2.24. The highest BCUT2D eigenvalue weighted by molar-refractivity contribution is 5.36. The number of hydrogen-bond acceptors (Lipinski definition) is 0. The molecule has 0 amide bonds. The molecular formula is C11H12. The first-order valence-electron chi connectivity index (χ1n) is 4.37. The Morgan fingerprint density at radius 1 is 0.909 bits per heavy atom. The molecule has 0 heteroatoms. The van der Waals surface area contributed by atoms with Crippen LogP contribution < -0.4 is 0 Å². The zero-order valence-corrected chi connectivity index (χ0v) is 6.70. The lowest BCUT2D eigenvalue weighted by atomic mass is 9.78. The Morgan fingerprint density at radius 3 is 2.00 bits per heavy atom. The highest BCUT2D eigenvalue weighted by Gasteiger charge is 2.47. The highest BCUT2D eigenvalue weighted by atomic mass is 14.5. The van der Waals surface area contributed by atoms with Crippen LogP contribution in [-0.4, -0.2) is 0 Å². The van der Waals surface area contributed by atoms with Gasteiger partial charge in [0.25, 0.3) is 0 Å². The Kier molecular flexibility index (Phi) is 0.806. The molecule has 0 nitrogen and oxygen atoms in total. The van der Waals surface area contributed by atoms with Crippen molar-refractivity contribution in [1.82, 2.24) is 0 Å². The molecule has 0 bridgehead atoms. The summed E-state index contributed by atoms with van der Waals surface area (Å²) in [6.45, 7) is 2.34. The van der Waals surface area contributed by atoms with Crippen molar-refractivity contribution in [2.45, 2.75) is 6.92 Å². The van der Waals surface area contributed by atoms with Crippen LogP contribution in [0.4, 0.5) is 0 Å². The van der Waals surface area contributed by atoms with Crippen molar-refractivity contribution < 1.29 is 0 Å². The minimum atomic E-state index is 0.388. The van der Waals surface area contributed by atoms with E-state index in [1.54, 1.807) is 0 Å². The van der Waals surface area contributed by atoms with E-state index in [1.807, 2.05) is 0 Å². The molecule has 2 unspecified atom stereocenters. The largest absolute Gasteiger partial charge is 0.0807 e. The Balaban J connectivity index is 2.18. The van der Waals surface area contributed by atoms with E-state index in [-0.39, 0.29) is 0 Å². The first-order chi connectivity index (χ1) is 5.30. The molecular weight excluding hydrogens is 132 g/mol. The third kappa shape index (κ3) is 0.526. The molecule has 0 spiro atoms. The van der Waals surface area contributed by atoms with Crippen LogP contribution in [0.15, 0.2) is 36.5 Å². The standard InChI is InChI=1S/C11H12/c1-11-6-4-8-2-3-9(5-7-11)10(8)11/h2-10H,1H3. The molecule has 0 aromatic rings. The van der Waals surface area contributed by atoms with Gasteiger partial charge in [-0.2, -0.15) is 0 Å². The quantitative estimate of drug-likeness (QED) is 0.458. The number of hydrogen-bond donors (Lipinski definition) is 0. The average Bonchev–Trinajstić information content (AvgIpc) is 2.54. The summed E-state index contributed by atoms with van der Waals surface area (Å²) < 4.78 is 0. The summed E-state index contributed by atoms with van der Waals surface area (Å²) in [6.07, 6.45) is 14.2. The lowest BCUT2D eigenvalue weighted by Crippen LogP contribution is -2.20. The molecule has 0 radical (unpaired) electrons. The third-order valence-corrected chi connectivity index (χ3v) is 3.46. The topological polar surface area (TPSA) is 0 Å². The highest BCUT2D eigenvalue weighted by Crippen LogP contribution is 2.55. The minimum Gasteiger partial charge on any atom is -0.0807 e. The van der Waals surface area contributed by atoms with Crippen LogP contribution in [0, 0.1) is 23.2 Å². The lowest BCUT2D eigenvalue weighted by molar-refractivity contribution is 0.313. The summed E-state index contributed by atoms with van der Waals surface area (Å²) >= 11 is 0. The van der Waals surface area contributed by atoms with Gasteiger partial charge in [-0.05, 0) is 17.8 Å². The van der Waals surface area contributed by atoms with E-state index in [1.165, 1.54) is 0 Å². The Bertz CT molecular complexity index is 256. The number of allylic oxidation sites excluding steroid dienone is 6. The predicted octanol–water partition coefficient (Wildman–Crippen LogP) is 2.55. The Morgan fingerprint density at radius 2 is 1.45 bits per heavy atom. The van der Waals surface area contributed by atoms with Gasteiger partial charge in [0.1, 0.15) is 0 Å². The van der Waals surface area contributed by atoms with Gasteiger partial charge in [-0.15, -0.1) is 0 Å². The molecule has 3 rings (SSSR count). The molecule has 0 heterocycles. The molecule has 3 aliphatic rings. The van der Waals surface area contributed by atoms with E-state index in [9.17, 15) is 0 Å². The number of rotatable bonds is 0. The second-order valence-corrected chi connectivity index (χ2v) is 4.15. The average molecular weight is 144 g/mol. The van der Waals surface area contributed by atoms with E-state index in [4.69, 9.17) is 0 Å². The molecule has 56 valence electrons. The van der Waals surface area contributed by atoms with Gasteiger partial charge in [0, 0.05) is 5.41 Å².